The second-order valence-corrected chi connectivity index (χ2v) is 5.89. The van der Waals surface area contributed by atoms with Crippen LogP contribution < -0.4 is 4.74 Å². The van der Waals surface area contributed by atoms with Crippen LogP contribution in [0, 0.1) is 5.92 Å². The van der Waals surface area contributed by atoms with Crippen LogP contribution >= 0.6 is 11.6 Å². The van der Waals surface area contributed by atoms with Gasteiger partial charge in [-0.15, -0.1) is 0 Å². The van der Waals surface area contributed by atoms with E-state index >= 15 is 0 Å². The molecule has 2 aromatic carbocycles. The minimum Gasteiger partial charge on any atom is -0.506 e. The maximum Gasteiger partial charge on any atom is 0.142 e. The predicted molar refractivity (Wildman–Crippen MR) is 89.4 cm³/mol. The van der Waals surface area contributed by atoms with Crippen LogP contribution in [0.1, 0.15) is 39.5 Å². The molecule has 0 bridgehead atoms. The molecule has 0 spiro atoms. The Bertz CT molecular complexity index is 595. The molecule has 1 atom stereocenters. The van der Waals surface area contributed by atoms with Crippen LogP contribution in [0.4, 0.5) is 0 Å². The predicted octanol–water partition coefficient (Wildman–Crippen LogP) is 5.79. The zero-order valence-electron chi connectivity index (χ0n) is 12.7. The van der Waals surface area contributed by atoms with Crippen LogP contribution in [0.2, 0.25) is 5.02 Å². The standard InChI is InChI=1S/C18H23ClO2/c1-3-5-8-13(4-2)12-21-17-11-16(19)18(20)15-10-7-6-9-14(15)17/h6-7,9-11,13,20H,3-5,8,12H2,1-2H3. The van der Waals surface area contributed by atoms with Crippen LogP contribution in [-0.2, 0) is 0 Å². The summed E-state index contributed by atoms with van der Waals surface area (Å²) in [5, 5.41) is 12.0. The molecule has 1 N–H and O–H groups in total. The van der Waals surface area contributed by atoms with E-state index in [1.54, 1.807) is 6.07 Å². The zero-order chi connectivity index (χ0) is 15.2. The van der Waals surface area contributed by atoms with Gasteiger partial charge in [-0.05, 0) is 12.3 Å². The van der Waals surface area contributed by atoms with Crippen LogP contribution in [0.25, 0.3) is 10.8 Å². The van der Waals surface area contributed by atoms with Gasteiger partial charge in [0.25, 0.3) is 0 Å². The van der Waals surface area contributed by atoms with E-state index in [1.165, 1.54) is 19.3 Å². The van der Waals surface area contributed by atoms with Crippen LogP contribution in [-0.4, -0.2) is 11.7 Å². The molecule has 114 valence electrons. The lowest BCUT2D eigenvalue weighted by atomic mass is 10.0. The molecule has 2 aromatic rings. The Kier molecular flexibility index (Phi) is 5.75. The third-order valence-corrected chi connectivity index (χ3v) is 4.24. The molecule has 0 saturated heterocycles. The summed E-state index contributed by atoms with van der Waals surface area (Å²) in [6.45, 7) is 5.11. The Morgan fingerprint density at radius 2 is 1.90 bits per heavy atom. The van der Waals surface area contributed by atoms with Crippen molar-refractivity contribution in [2.75, 3.05) is 6.61 Å². The van der Waals surface area contributed by atoms with Crippen molar-refractivity contribution in [1.82, 2.24) is 0 Å². The number of unbranched alkanes of at least 4 members (excludes halogenated alkanes) is 1. The number of halogens is 1. The first-order valence-corrected chi connectivity index (χ1v) is 8.08. The monoisotopic (exact) mass is 306 g/mol. The first-order chi connectivity index (χ1) is 10.2. The zero-order valence-corrected chi connectivity index (χ0v) is 13.5. The molecule has 0 aromatic heterocycles. The van der Waals surface area contributed by atoms with E-state index in [4.69, 9.17) is 16.3 Å². The van der Waals surface area contributed by atoms with E-state index in [0.717, 1.165) is 22.9 Å². The van der Waals surface area contributed by atoms with Crippen LogP contribution in [0.5, 0.6) is 11.5 Å². The molecule has 0 aliphatic carbocycles. The van der Waals surface area contributed by atoms with Crippen molar-refractivity contribution in [1.29, 1.82) is 0 Å². The second kappa shape index (κ2) is 7.56. The van der Waals surface area contributed by atoms with Gasteiger partial charge in [0, 0.05) is 16.8 Å². The molecule has 0 radical (unpaired) electrons. The highest BCUT2D eigenvalue weighted by atomic mass is 35.5. The summed E-state index contributed by atoms with van der Waals surface area (Å²) in [5.41, 5.74) is 0. The van der Waals surface area contributed by atoms with Gasteiger partial charge in [0.15, 0.2) is 0 Å². The number of ether oxygens (including phenoxy) is 1. The third kappa shape index (κ3) is 3.82. The Balaban J connectivity index is 2.20. The largest absolute Gasteiger partial charge is 0.506 e. The fraction of sp³-hybridized carbons (Fsp3) is 0.444. The lowest BCUT2D eigenvalue weighted by molar-refractivity contribution is 0.235. The highest BCUT2D eigenvalue weighted by molar-refractivity contribution is 6.33. The summed E-state index contributed by atoms with van der Waals surface area (Å²) in [4.78, 5) is 0. The fourth-order valence-electron chi connectivity index (χ4n) is 2.52. The first-order valence-electron chi connectivity index (χ1n) is 7.70. The molecule has 0 aliphatic heterocycles. The molecular formula is C18H23ClO2. The van der Waals surface area contributed by atoms with Crippen molar-refractivity contribution in [2.24, 2.45) is 5.92 Å². The van der Waals surface area contributed by atoms with E-state index in [1.807, 2.05) is 24.3 Å². The summed E-state index contributed by atoms with van der Waals surface area (Å²) >= 11 is 6.10. The Morgan fingerprint density at radius 1 is 1.19 bits per heavy atom. The van der Waals surface area contributed by atoms with Crippen molar-refractivity contribution >= 4 is 22.4 Å². The minimum atomic E-state index is 0.123. The highest BCUT2D eigenvalue weighted by Gasteiger charge is 2.13. The van der Waals surface area contributed by atoms with Gasteiger partial charge in [0.1, 0.15) is 11.5 Å². The molecule has 2 rings (SSSR count). The van der Waals surface area contributed by atoms with Gasteiger partial charge in [-0.2, -0.15) is 0 Å². The molecule has 0 saturated carbocycles. The van der Waals surface area contributed by atoms with Gasteiger partial charge < -0.3 is 9.84 Å². The van der Waals surface area contributed by atoms with Gasteiger partial charge >= 0.3 is 0 Å². The Morgan fingerprint density at radius 3 is 2.57 bits per heavy atom. The average molecular weight is 307 g/mol. The topological polar surface area (TPSA) is 29.5 Å². The minimum absolute atomic E-state index is 0.123. The van der Waals surface area contributed by atoms with Crippen molar-refractivity contribution in [3.8, 4) is 11.5 Å². The van der Waals surface area contributed by atoms with Crippen molar-refractivity contribution < 1.29 is 9.84 Å². The number of phenols is 1. The van der Waals surface area contributed by atoms with Gasteiger partial charge in [0.2, 0.25) is 0 Å². The highest BCUT2D eigenvalue weighted by Crippen LogP contribution is 2.38. The Hall–Kier alpha value is -1.41. The molecule has 21 heavy (non-hydrogen) atoms. The quantitative estimate of drug-likeness (QED) is 0.701. The molecular weight excluding hydrogens is 284 g/mol. The normalized spacial score (nSPS) is 12.5. The van der Waals surface area contributed by atoms with Gasteiger partial charge in [-0.1, -0.05) is 69.0 Å². The summed E-state index contributed by atoms with van der Waals surface area (Å²) in [7, 11) is 0. The molecule has 1 unspecified atom stereocenters. The number of rotatable bonds is 7. The summed E-state index contributed by atoms with van der Waals surface area (Å²) < 4.78 is 6.01. The SMILES string of the molecule is CCCCC(CC)COc1cc(Cl)c(O)c2ccccc12. The first kappa shape index (κ1) is 16.0. The molecule has 0 fully saturated rings. The lowest BCUT2D eigenvalue weighted by Gasteiger charge is -2.17. The number of phenolic OH excluding ortho intramolecular Hbond substituents is 1. The van der Waals surface area contributed by atoms with Crippen molar-refractivity contribution in [3.05, 3.63) is 35.4 Å². The third-order valence-electron chi connectivity index (χ3n) is 3.95. The average Bonchev–Trinajstić information content (AvgIpc) is 2.52. The maximum absolute atomic E-state index is 10.0. The number of aromatic hydroxyl groups is 1. The maximum atomic E-state index is 10.0. The molecule has 0 heterocycles. The van der Waals surface area contributed by atoms with E-state index in [-0.39, 0.29) is 5.75 Å². The smallest absolute Gasteiger partial charge is 0.142 e. The lowest BCUT2D eigenvalue weighted by Crippen LogP contribution is -2.11. The fourth-order valence-corrected chi connectivity index (χ4v) is 2.72. The summed E-state index contributed by atoms with van der Waals surface area (Å²) in [6.07, 6.45) is 4.75. The summed E-state index contributed by atoms with van der Waals surface area (Å²) in [6, 6.07) is 9.35. The summed E-state index contributed by atoms with van der Waals surface area (Å²) in [5.74, 6) is 1.44. The molecule has 3 heteroatoms. The van der Waals surface area contributed by atoms with Gasteiger partial charge in [-0.3, -0.25) is 0 Å². The number of hydrogen-bond donors (Lipinski definition) is 1. The van der Waals surface area contributed by atoms with E-state index in [0.29, 0.717) is 17.5 Å². The van der Waals surface area contributed by atoms with Crippen LogP contribution in [0.15, 0.2) is 30.3 Å². The van der Waals surface area contributed by atoms with E-state index in [9.17, 15) is 5.11 Å². The second-order valence-electron chi connectivity index (χ2n) is 5.48. The van der Waals surface area contributed by atoms with Crippen LogP contribution in [0.3, 0.4) is 0 Å². The van der Waals surface area contributed by atoms with Crippen molar-refractivity contribution in [3.63, 3.8) is 0 Å². The van der Waals surface area contributed by atoms with E-state index in [2.05, 4.69) is 13.8 Å². The van der Waals surface area contributed by atoms with E-state index < -0.39 is 0 Å². The van der Waals surface area contributed by atoms with Gasteiger partial charge in [0.05, 0.1) is 11.6 Å². The number of benzene rings is 2. The molecule has 0 amide bonds. The molecule has 0 aliphatic rings. The van der Waals surface area contributed by atoms with Gasteiger partial charge in [-0.25, -0.2) is 0 Å². The number of hydrogen-bond acceptors (Lipinski definition) is 2. The van der Waals surface area contributed by atoms with Crippen molar-refractivity contribution in [2.45, 2.75) is 39.5 Å². The molecule has 2 nitrogen and oxygen atoms in total. The number of fused-ring (bicyclic) bond motifs is 1. The Labute approximate surface area is 131 Å².